The van der Waals surface area contributed by atoms with Crippen LogP contribution in [0.1, 0.15) is 42.6 Å². The van der Waals surface area contributed by atoms with Gasteiger partial charge < -0.3 is 4.74 Å². The second-order valence-corrected chi connectivity index (χ2v) is 4.45. The van der Waals surface area contributed by atoms with Crippen LogP contribution in [0.25, 0.3) is 0 Å². The Balaban J connectivity index is 2.92. The molecule has 15 heavy (non-hydrogen) atoms. The lowest BCUT2D eigenvalue weighted by atomic mass is 10.2. The Morgan fingerprint density at radius 2 is 1.93 bits per heavy atom. The van der Waals surface area contributed by atoms with E-state index in [2.05, 4.69) is 9.97 Å². The number of nitrogens with zero attached hydrogens (tertiary/aromatic N) is 2. The van der Waals surface area contributed by atoms with Gasteiger partial charge in [0.15, 0.2) is 5.69 Å². The summed E-state index contributed by atoms with van der Waals surface area (Å²) in [5.74, 6) is -0.424. The molecule has 4 nitrogen and oxygen atoms in total. The normalized spacial score (nSPS) is 11.3. The van der Waals surface area contributed by atoms with Gasteiger partial charge in [-0.05, 0) is 34.6 Å². The van der Waals surface area contributed by atoms with Crippen LogP contribution in [0.15, 0.2) is 6.20 Å². The zero-order valence-electron chi connectivity index (χ0n) is 9.79. The summed E-state index contributed by atoms with van der Waals surface area (Å²) in [7, 11) is 0. The molecule has 1 heterocycles. The maximum Gasteiger partial charge on any atom is 0.359 e. The molecule has 0 fully saturated rings. The summed E-state index contributed by atoms with van der Waals surface area (Å²) < 4.78 is 5.20. The molecule has 0 bridgehead atoms. The third kappa shape index (κ3) is 3.31. The van der Waals surface area contributed by atoms with E-state index >= 15 is 0 Å². The monoisotopic (exact) mass is 208 g/mol. The highest BCUT2D eigenvalue weighted by Gasteiger charge is 2.20. The zero-order chi connectivity index (χ0) is 11.6. The first kappa shape index (κ1) is 11.6. The second-order valence-electron chi connectivity index (χ2n) is 4.45. The van der Waals surface area contributed by atoms with Gasteiger partial charge in [-0.25, -0.2) is 9.78 Å². The first-order valence-corrected chi connectivity index (χ1v) is 4.83. The molecule has 0 aliphatic carbocycles. The number of hydrogen-bond acceptors (Lipinski definition) is 4. The van der Waals surface area contributed by atoms with Crippen molar-refractivity contribution in [3.05, 3.63) is 23.3 Å². The lowest BCUT2D eigenvalue weighted by Gasteiger charge is -2.19. The highest BCUT2D eigenvalue weighted by Crippen LogP contribution is 2.12. The molecule has 0 aliphatic rings. The minimum atomic E-state index is -0.504. The van der Waals surface area contributed by atoms with Crippen LogP contribution >= 0.6 is 0 Å². The summed E-state index contributed by atoms with van der Waals surface area (Å²) in [6.07, 6.45) is 1.56. The molecule has 82 valence electrons. The molecule has 1 rings (SSSR count). The van der Waals surface area contributed by atoms with Crippen molar-refractivity contribution in [2.75, 3.05) is 0 Å². The summed E-state index contributed by atoms with van der Waals surface area (Å²) >= 11 is 0. The number of aryl methyl sites for hydroxylation is 2. The number of rotatable bonds is 1. The molecule has 1 aromatic heterocycles. The highest BCUT2D eigenvalue weighted by atomic mass is 16.6. The Morgan fingerprint density at radius 1 is 1.33 bits per heavy atom. The van der Waals surface area contributed by atoms with Gasteiger partial charge in [-0.1, -0.05) is 0 Å². The molecule has 4 heteroatoms. The van der Waals surface area contributed by atoms with Crippen LogP contribution in [0.5, 0.6) is 0 Å². The van der Waals surface area contributed by atoms with Crippen molar-refractivity contribution >= 4 is 5.97 Å². The van der Waals surface area contributed by atoms with Gasteiger partial charge in [-0.15, -0.1) is 0 Å². The van der Waals surface area contributed by atoms with Crippen molar-refractivity contribution < 1.29 is 9.53 Å². The molecular formula is C11H16N2O2. The van der Waals surface area contributed by atoms with E-state index in [1.165, 1.54) is 0 Å². The van der Waals surface area contributed by atoms with Gasteiger partial charge in [-0.2, -0.15) is 0 Å². The Labute approximate surface area is 89.7 Å². The van der Waals surface area contributed by atoms with Gasteiger partial charge in [0.25, 0.3) is 0 Å². The first-order chi connectivity index (χ1) is 6.79. The highest BCUT2D eigenvalue weighted by molar-refractivity contribution is 5.88. The Bertz CT molecular complexity index is 381. The SMILES string of the molecule is Cc1cnc(C(=O)OC(C)(C)C)c(C)n1. The Morgan fingerprint density at radius 3 is 2.40 bits per heavy atom. The molecule has 0 unspecified atom stereocenters. The predicted molar refractivity (Wildman–Crippen MR) is 56.7 cm³/mol. The lowest BCUT2D eigenvalue weighted by Crippen LogP contribution is -2.25. The summed E-state index contributed by atoms with van der Waals surface area (Å²) in [5, 5.41) is 0. The van der Waals surface area contributed by atoms with Crippen LogP contribution in [0.4, 0.5) is 0 Å². The van der Waals surface area contributed by atoms with E-state index in [9.17, 15) is 4.79 Å². The molecule has 0 aliphatic heterocycles. The number of esters is 1. The fourth-order valence-corrected chi connectivity index (χ4v) is 1.12. The molecule has 1 aromatic rings. The van der Waals surface area contributed by atoms with Crippen molar-refractivity contribution in [2.24, 2.45) is 0 Å². The molecule has 0 spiro atoms. The topological polar surface area (TPSA) is 52.1 Å². The summed E-state index contributed by atoms with van der Waals surface area (Å²) in [6.45, 7) is 9.05. The fourth-order valence-electron chi connectivity index (χ4n) is 1.12. The fraction of sp³-hybridized carbons (Fsp3) is 0.545. The van der Waals surface area contributed by atoms with Gasteiger partial charge in [0.2, 0.25) is 0 Å². The second kappa shape index (κ2) is 3.96. The Kier molecular flexibility index (Phi) is 3.07. The van der Waals surface area contributed by atoms with Crippen molar-refractivity contribution in [3.63, 3.8) is 0 Å². The maximum atomic E-state index is 11.7. The first-order valence-electron chi connectivity index (χ1n) is 4.83. The largest absolute Gasteiger partial charge is 0.455 e. The third-order valence-corrected chi connectivity index (χ3v) is 1.66. The molecule has 0 radical (unpaired) electrons. The van der Waals surface area contributed by atoms with E-state index in [1.54, 1.807) is 13.1 Å². The number of ether oxygens (including phenoxy) is 1. The van der Waals surface area contributed by atoms with Crippen LogP contribution in [-0.4, -0.2) is 21.5 Å². The standard InChI is InChI=1S/C11H16N2O2/c1-7-6-12-9(8(2)13-7)10(14)15-11(3,4)5/h6H,1-5H3. The zero-order valence-corrected chi connectivity index (χ0v) is 9.79. The number of aromatic nitrogens is 2. The molecule has 0 saturated carbocycles. The van der Waals surface area contributed by atoms with E-state index in [1.807, 2.05) is 27.7 Å². The molecule has 0 amide bonds. The lowest BCUT2D eigenvalue weighted by molar-refractivity contribution is 0.00614. The minimum absolute atomic E-state index is 0.288. The van der Waals surface area contributed by atoms with Crippen LogP contribution in [0.3, 0.4) is 0 Å². The van der Waals surface area contributed by atoms with Gasteiger partial charge in [-0.3, -0.25) is 4.98 Å². The quantitative estimate of drug-likeness (QED) is 0.663. The summed E-state index contributed by atoms with van der Waals surface area (Å²) in [4.78, 5) is 19.9. The smallest absolute Gasteiger partial charge is 0.359 e. The Hall–Kier alpha value is -1.45. The van der Waals surface area contributed by atoms with E-state index in [4.69, 9.17) is 4.74 Å². The van der Waals surface area contributed by atoms with Gasteiger partial charge >= 0.3 is 5.97 Å². The van der Waals surface area contributed by atoms with Gasteiger partial charge in [0.05, 0.1) is 11.4 Å². The third-order valence-electron chi connectivity index (χ3n) is 1.66. The van der Waals surface area contributed by atoms with Gasteiger partial charge in [0, 0.05) is 6.20 Å². The average molecular weight is 208 g/mol. The van der Waals surface area contributed by atoms with E-state index in [0.717, 1.165) is 5.69 Å². The van der Waals surface area contributed by atoms with E-state index < -0.39 is 11.6 Å². The number of carbonyl (C=O) groups is 1. The van der Waals surface area contributed by atoms with Crippen molar-refractivity contribution in [1.82, 2.24) is 9.97 Å². The van der Waals surface area contributed by atoms with Crippen molar-refractivity contribution in [1.29, 1.82) is 0 Å². The molecule has 0 atom stereocenters. The number of hydrogen-bond donors (Lipinski definition) is 0. The number of carbonyl (C=O) groups excluding carboxylic acids is 1. The summed E-state index contributed by atoms with van der Waals surface area (Å²) in [6, 6.07) is 0. The van der Waals surface area contributed by atoms with Crippen LogP contribution in [0, 0.1) is 13.8 Å². The summed E-state index contributed by atoms with van der Waals surface area (Å²) in [5.41, 5.74) is 1.18. The van der Waals surface area contributed by atoms with Crippen LogP contribution in [0.2, 0.25) is 0 Å². The molecule has 0 N–H and O–H groups in total. The van der Waals surface area contributed by atoms with Crippen molar-refractivity contribution in [2.45, 2.75) is 40.2 Å². The van der Waals surface area contributed by atoms with Gasteiger partial charge in [0.1, 0.15) is 5.60 Å². The minimum Gasteiger partial charge on any atom is -0.455 e. The molecule has 0 saturated heterocycles. The molecular weight excluding hydrogens is 192 g/mol. The van der Waals surface area contributed by atoms with Crippen LogP contribution in [-0.2, 0) is 4.74 Å². The van der Waals surface area contributed by atoms with Crippen molar-refractivity contribution in [3.8, 4) is 0 Å². The van der Waals surface area contributed by atoms with Crippen LogP contribution < -0.4 is 0 Å². The van der Waals surface area contributed by atoms with E-state index in [0.29, 0.717) is 5.69 Å². The van der Waals surface area contributed by atoms with E-state index in [-0.39, 0.29) is 5.69 Å². The maximum absolute atomic E-state index is 11.7. The average Bonchev–Trinajstić information content (AvgIpc) is 1.99. The predicted octanol–water partition coefficient (Wildman–Crippen LogP) is 2.05. The molecule has 0 aromatic carbocycles.